The molecule has 0 saturated heterocycles. The smallest absolute Gasteiger partial charge is 0.328 e. The highest BCUT2D eigenvalue weighted by atomic mass is 16.4. The van der Waals surface area contributed by atoms with Crippen molar-refractivity contribution in [3.63, 3.8) is 0 Å². The van der Waals surface area contributed by atoms with Gasteiger partial charge in [-0.1, -0.05) is 43.7 Å². The second kappa shape index (κ2) is 8.91. The Balaban J connectivity index is 2.47. The Morgan fingerprint density at radius 3 is 2.50 bits per heavy atom. The molecule has 0 fully saturated rings. The lowest BCUT2D eigenvalue weighted by atomic mass is 10.0. The van der Waals surface area contributed by atoms with Gasteiger partial charge in [0.1, 0.15) is 0 Å². The van der Waals surface area contributed by atoms with Gasteiger partial charge < -0.3 is 10.4 Å². The van der Waals surface area contributed by atoms with Crippen LogP contribution in [0.1, 0.15) is 31.7 Å². The van der Waals surface area contributed by atoms with Crippen molar-refractivity contribution in [1.82, 2.24) is 5.32 Å². The minimum atomic E-state index is -1.11. The Morgan fingerprint density at radius 1 is 1.20 bits per heavy atom. The summed E-state index contributed by atoms with van der Waals surface area (Å²) in [5.74, 6) is -1.46. The molecule has 1 rings (SSSR count). The summed E-state index contributed by atoms with van der Waals surface area (Å²) < 4.78 is 0. The molecule has 1 amide bonds. The largest absolute Gasteiger partial charge is 0.478 e. The first-order valence-corrected chi connectivity index (χ1v) is 6.87. The zero-order chi connectivity index (χ0) is 14.8. The number of hydrogen-bond donors (Lipinski definition) is 2. The molecule has 0 aliphatic rings. The summed E-state index contributed by atoms with van der Waals surface area (Å²) in [5, 5.41) is 11.3. The summed E-state index contributed by atoms with van der Waals surface area (Å²) in [4.78, 5) is 21.9. The predicted molar refractivity (Wildman–Crippen MR) is 78.4 cm³/mol. The van der Waals surface area contributed by atoms with Gasteiger partial charge in [-0.2, -0.15) is 0 Å². The third-order valence-electron chi connectivity index (χ3n) is 2.99. The van der Waals surface area contributed by atoms with Gasteiger partial charge in [0.25, 0.3) is 0 Å². The van der Waals surface area contributed by atoms with E-state index in [-0.39, 0.29) is 11.9 Å². The van der Waals surface area contributed by atoms with Crippen molar-refractivity contribution >= 4 is 11.9 Å². The minimum Gasteiger partial charge on any atom is -0.478 e. The van der Waals surface area contributed by atoms with E-state index in [1.165, 1.54) is 5.56 Å². The molecule has 4 nitrogen and oxygen atoms in total. The van der Waals surface area contributed by atoms with Crippen molar-refractivity contribution in [2.24, 2.45) is 0 Å². The molecule has 0 aliphatic carbocycles. The van der Waals surface area contributed by atoms with Crippen molar-refractivity contribution < 1.29 is 14.7 Å². The third-order valence-corrected chi connectivity index (χ3v) is 2.99. The van der Waals surface area contributed by atoms with E-state index in [0.29, 0.717) is 0 Å². The van der Waals surface area contributed by atoms with E-state index in [9.17, 15) is 9.59 Å². The van der Waals surface area contributed by atoms with E-state index in [1.54, 1.807) is 0 Å². The van der Waals surface area contributed by atoms with E-state index in [4.69, 9.17) is 5.11 Å². The quantitative estimate of drug-likeness (QED) is 0.716. The van der Waals surface area contributed by atoms with Gasteiger partial charge in [0.15, 0.2) is 0 Å². The Morgan fingerprint density at radius 2 is 1.90 bits per heavy atom. The van der Waals surface area contributed by atoms with Crippen LogP contribution in [0, 0.1) is 0 Å². The van der Waals surface area contributed by atoms with Gasteiger partial charge >= 0.3 is 5.97 Å². The molecule has 0 heterocycles. The van der Waals surface area contributed by atoms with Gasteiger partial charge in [-0.15, -0.1) is 0 Å². The van der Waals surface area contributed by atoms with E-state index in [0.717, 1.165) is 37.8 Å². The molecule has 2 N–H and O–H groups in total. The molecule has 0 unspecified atom stereocenters. The summed E-state index contributed by atoms with van der Waals surface area (Å²) in [5.41, 5.74) is 1.24. The number of aryl methyl sites for hydroxylation is 1. The first-order valence-electron chi connectivity index (χ1n) is 6.87. The van der Waals surface area contributed by atoms with Crippen LogP contribution in [-0.2, 0) is 16.0 Å². The van der Waals surface area contributed by atoms with Crippen molar-refractivity contribution in [3.05, 3.63) is 48.0 Å². The molecule has 0 spiro atoms. The molecule has 1 aromatic carbocycles. The van der Waals surface area contributed by atoms with E-state index >= 15 is 0 Å². The number of aliphatic carboxylic acids is 1. The van der Waals surface area contributed by atoms with Crippen LogP contribution < -0.4 is 5.32 Å². The second-order valence-corrected chi connectivity index (χ2v) is 4.69. The number of carboxylic acids is 1. The van der Waals surface area contributed by atoms with Crippen LogP contribution in [0.15, 0.2) is 42.5 Å². The third kappa shape index (κ3) is 6.73. The lowest BCUT2D eigenvalue weighted by molar-refractivity contribution is -0.131. The lowest BCUT2D eigenvalue weighted by Gasteiger charge is -2.17. The molecule has 1 aromatic rings. The van der Waals surface area contributed by atoms with Crippen LogP contribution >= 0.6 is 0 Å². The maximum absolute atomic E-state index is 11.6. The minimum absolute atomic E-state index is 0.0751. The number of benzene rings is 1. The van der Waals surface area contributed by atoms with Gasteiger partial charge in [0.05, 0.1) is 0 Å². The Bertz CT molecular complexity index is 454. The SMILES string of the molecule is CCC[C@H](CCc1ccccc1)NC(=O)/C=C\C(=O)O. The van der Waals surface area contributed by atoms with Crippen LogP contribution in [0.4, 0.5) is 0 Å². The molecule has 0 aliphatic heterocycles. The molecule has 0 radical (unpaired) electrons. The molecule has 1 atom stereocenters. The van der Waals surface area contributed by atoms with Crippen molar-refractivity contribution in [2.75, 3.05) is 0 Å². The fraction of sp³-hybridized carbons (Fsp3) is 0.375. The average Bonchev–Trinajstić information content (AvgIpc) is 2.44. The number of carboxylic acid groups (broad SMARTS) is 1. The number of rotatable bonds is 8. The molecule has 4 heteroatoms. The highest BCUT2D eigenvalue weighted by Gasteiger charge is 2.10. The number of hydrogen-bond acceptors (Lipinski definition) is 2. The molecule has 108 valence electrons. The topological polar surface area (TPSA) is 66.4 Å². The van der Waals surface area contributed by atoms with Gasteiger partial charge in [0, 0.05) is 18.2 Å². The van der Waals surface area contributed by atoms with E-state index in [2.05, 4.69) is 24.4 Å². The summed E-state index contributed by atoms with van der Waals surface area (Å²) >= 11 is 0. The van der Waals surface area contributed by atoms with Crippen LogP contribution in [0.3, 0.4) is 0 Å². The number of carbonyl (C=O) groups is 2. The summed E-state index contributed by atoms with van der Waals surface area (Å²) in [6.45, 7) is 2.06. The van der Waals surface area contributed by atoms with E-state index in [1.807, 2.05) is 18.2 Å². The van der Waals surface area contributed by atoms with Crippen LogP contribution in [0.5, 0.6) is 0 Å². The zero-order valence-corrected chi connectivity index (χ0v) is 11.7. The number of nitrogens with one attached hydrogen (secondary N) is 1. The summed E-state index contributed by atoms with van der Waals surface area (Å²) in [6, 6.07) is 10.2. The van der Waals surface area contributed by atoms with Gasteiger partial charge in [-0.3, -0.25) is 4.79 Å². The highest BCUT2D eigenvalue weighted by Crippen LogP contribution is 2.08. The maximum atomic E-state index is 11.6. The van der Waals surface area contributed by atoms with Crippen molar-refractivity contribution in [1.29, 1.82) is 0 Å². The molecule has 0 bridgehead atoms. The summed E-state index contributed by atoms with van der Waals surface area (Å²) in [7, 11) is 0. The Hall–Kier alpha value is -2.10. The van der Waals surface area contributed by atoms with Crippen LogP contribution in [0.2, 0.25) is 0 Å². The van der Waals surface area contributed by atoms with Crippen LogP contribution in [0.25, 0.3) is 0 Å². The molecule has 0 aromatic heterocycles. The standard InChI is InChI=1S/C16H21NO3/c1-2-6-14(17-15(18)11-12-16(19)20)10-9-13-7-4-3-5-8-13/h3-5,7-8,11-12,14H,2,6,9-10H2,1H3,(H,17,18)(H,19,20)/b12-11-/t14-/m1/s1. The van der Waals surface area contributed by atoms with Crippen molar-refractivity contribution in [3.8, 4) is 0 Å². The maximum Gasteiger partial charge on any atom is 0.328 e. The first-order chi connectivity index (χ1) is 9.61. The fourth-order valence-electron chi connectivity index (χ4n) is 2.02. The zero-order valence-electron chi connectivity index (χ0n) is 11.7. The average molecular weight is 275 g/mol. The monoisotopic (exact) mass is 275 g/mol. The Kier molecular flexibility index (Phi) is 7.11. The molecular weight excluding hydrogens is 254 g/mol. The van der Waals surface area contributed by atoms with Gasteiger partial charge in [0.2, 0.25) is 5.91 Å². The van der Waals surface area contributed by atoms with Crippen LogP contribution in [-0.4, -0.2) is 23.0 Å². The van der Waals surface area contributed by atoms with Gasteiger partial charge in [-0.05, 0) is 24.8 Å². The predicted octanol–water partition coefficient (Wildman–Crippen LogP) is 2.54. The van der Waals surface area contributed by atoms with Crippen molar-refractivity contribution in [2.45, 2.75) is 38.6 Å². The summed E-state index contributed by atoms with van der Waals surface area (Å²) in [6.07, 6.45) is 5.53. The van der Waals surface area contributed by atoms with Gasteiger partial charge in [-0.25, -0.2) is 4.79 Å². The number of carbonyl (C=O) groups excluding carboxylic acids is 1. The number of amides is 1. The second-order valence-electron chi connectivity index (χ2n) is 4.69. The normalized spacial score (nSPS) is 12.2. The first kappa shape index (κ1) is 16.0. The fourth-order valence-corrected chi connectivity index (χ4v) is 2.02. The molecule has 0 saturated carbocycles. The highest BCUT2D eigenvalue weighted by molar-refractivity contribution is 5.93. The van der Waals surface area contributed by atoms with E-state index < -0.39 is 5.97 Å². The lowest BCUT2D eigenvalue weighted by Crippen LogP contribution is -2.34. The molecule has 20 heavy (non-hydrogen) atoms. The Labute approximate surface area is 119 Å². The molecular formula is C16H21NO3.